The summed E-state index contributed by atoms with van der Waals surface area (Å²) in [7, 11) is 0. The first kappa shape index (κ1) is 10.4. The second-order valence-electron chi connectivity index (χ2n) is 4.91. The van der Waals surface area contributed by atoms with E-state index < -0.39 is 0 Å². The van der Waals surface area contributed by atoms with Gasteiger partial charge in [0.15, 0.2) is 0 Å². The molecule has 0 atom stereocenters. The highest BCUT2D eigenvalue weighted by molar-refractivity contribution is 5.38. The first-order chi connectivity index (χ1) is 7.11. The summed E-state index contributed by atoms with van der Waals surface area (Å²) in [5.41, 5.74) is 6.80. The van der Waals surface area contributed by atoms with E-state index in [2.05, 4.69) is 28.7 Å². The summed E-state index contributed by atoms with van der Waals surface area (Å²) in [5, 5.41) is 0. The largest absolute Gasteiger partial charge is 0.355 e. The first-order valence-corrected chi connectivity index (χ1v) is 5.37. The highest BCUT2D eigenvalue weighted by Crippen LogP contribution is 2.31. The van der Waals surface area contributed by atoms with Crippen LogP contribution in [-0.2, 0) is 6.54 Å². The summed E-state index contributed by atoms with van der Waals surface area (Å²) in [4.78, 5) is 10.9. The van der Waals surface area contributed by atoms with E-state index in [1.807, 2.05) is 6.20 Å². The molecule has 0 amide bonds. The van der Waals surface area contributed by atoms with Crippen molar-refractivity contribution in [3.63, 3.8) is 0 Å². The van der Waals surface area contributed by atoms with E-state index in [0.717, 1.165) is 24.6 Å². The molecule has 1 aliphatic rings. The molecular formula is C11H18N4. The zero-order valence-corrected chi connectivity index (χ0v) is 9.40. The van der Waals surface area contributed by atoms with Gasteiger partial charge in [-0.3, -0.25) is 4.98 Å². The van der Waals surface area contributed by atoms with Gasteiger partial charge in [-0.05, 0) is 11.8 Å². The molecule has 2 rings (SSSR count). The molecule has 0 unspecified atom stereocenters. The highest BCUT2D eigenvalue weighted by atomic mass is 15.2. The molecule has 2 heterocycles. The van der Waals surface area contributed by atoms with E-state index in [-0.39, 0.29) is 0 Å². The first-order valence-electron chi connectivity index (χ1n) is 5.37. The normalized spacial score (nSPS) is 19.5. The van der Waals surface area contributed by atoms with Crippen LogP contribution < -0.4 is 10.6 Å². The van der Waals surface area contributed by atoms with Crippen molar-refractivity contribution in [1.29, 1.82) is 0 Å². The Bertz CT molecular complexity index is 348. The molecule has 4 heteroatoms. The van der Waals surface area contributed by atoms with Gasteiger partial charge in [0.25, 0.3) is 0 Å². The fourth-order valence-corrected chi connectivity index (χ4v) is 1.95. The molecule has 0 radical (unpaired) electrons. The summed E-state index contributed by atoms with van der Waals surface area (Å²) in [6.45, 7) is 7.14. The van der Waals surface area contributed by atoms with Crippen LogP contribution in [0.15, 0.2) is 12.4 Å². The molecule has 1 aliphatic heterocycles. The molecular weight excluding hydrogens is 188 g/mol. The molecule has 1 aromatic heterocycles. The predicted octanol–water partition coefficient (Wildman–Crippen LogP) is 1.17. The summed E-state index contributed by atoms with van der Waals surface area (Å²) in [6, 6.07) is 0. The number of rotatable bonds is 2. The number of hydrogen-bond donors (Lipinski definition) is 1. The van der Waals surface area contributed by atoms with Crippen molar-refractivity contribution in [2.75, 3.05) is 18.0 Å². The van der Waals surface area contributed by atoms with Gasteiger partial charge in [0, 0.05) is 25.8 Å². The lowest BCUT2D eigenvalue weighted by Crippen LogP contribution is -2.24. The second-order valence-corrected chi connectivity index (χ2v) is 4.91. The number of nitrogens with two attached hydrogens (primary N) is 1. The van der Waals surface area contributed by atoms with Crippen LogP contribution in [0.3, 0.4) is 0 Å². The Morgan fingerprint density at radius 1 is 1.47 bits per heavy atom. The Balaban J connectivity index is 2.16. The standard InChI is InChI=1S/C11H18N4/c1-11(2)3-4-15(8-11)10-7-13-6-9(5-12)14-10/h6-7H,3-5,8,12H2,1-2H3. The second kappa shape index (κ2) is 3.77. The van der Waals surface area contributed by atoms with Crippen molar-refractivity contribution in [2.45, 2.75) is 26.8 Å². The predicted molar refractivity (Wildman–Crippen MR) is 60.5 cm³/mol. The SMILES string of the molecule is CC1(C)CCN(c2cncc(CN)n2)C1. The van der Waals surface area contributed by atoms with Crippen molar-refractivity contribution < 1.29 is 0 Å². The van der Waals surface area contributed by atoms with Crippen LogP contribution in [0.4, 0.5) is 5.82 Å². The smallest absolute Gasteiger partial charge is 0.147 e. The molecule has 1 saturated heterocycles. The van der Waals surface area contributed by atoms with Crippen molar-refractivity contribution in [2.24, 2.45) is 11.1 Å². The van der Waals surface area contributed by atoms with Crippen molar-refractivity contribution in [3.05, 3.63) is 18.1 Å². The van der Waals surface area contributed by atoms with Gasteiger partial charge in [-0.15, -0.1) is 0 Å². The zero-order valence-electron chi connectivity index (χ0n) is 9.40. The number of nitrogens with zero attached hydrogens (tertiary/aromatic N) is 3. The monoisotopic (exact) mass is 206 g/mol. The Morgan fingerprint density at radius 2 is 2.27 bits per heavy atom. The van der Waals surface area contributed by atoms with Crippen molar-refractivity contribution in [3.8, 4) is 0 Å². The Kier molecular flexibility index (Phi) is 2.61. The lowest BCUT2D eigenvalue weighted by Gasteiger charge is -2.20. The average molecular weight is 206 g/mol. The van der Waals surface area contributed by atoms with E-state index >= 15 is 0 Å². The highest BCUT2D eigenvalue weighted by Gasteiger charge is 2.29. The summed E-state index contributed by atoms with van der Waals surface area (Å²) < 4.78 is 0. The molecule has 0 bridgehead atoms. The average Bonchev–Trinajstić information content (AvgIpc) is 2.59. The summed E-state index contributed by atoms with van der Waals surface area (Å²) >= 11 is 0. The fourth-order valence-electron chi connectivity index (χ4n) is 1.95. The van der Waals surface area contributed by atoms with Gasteiger partial charge in [-0.2, -0.15) is 0 Å². The molecule has 2 N–H and O–H groups in total. The van der Waals surface area contributed by atoms with Crippen LogP contribution in [0.1, 0.15) is 26.0 Å². The lowest BCUT2D eigenvalue weighted by molar-refractivity contribution is 0.418. The van der Waals surface area contributed by atoms with Gasteiger partial charge in [0.1, 0.15) is 5.82 Å². The van der Waals surface area contributed by atoms with Crippen LogP contribution in [0.2, 0.25) is 0 Å². The van der Waals surface area contributed by atoms with Crippen LogP contribution >= 0.6 is 0 Å². The third-order valence-corrected chi connectivity index (χ3v) is 2.88. The zero-order chi connectivity index (χ0) is 10.9. The van der Waals surface area contributed by atoms with E-state index in [9.17, 15) is 0 Å². The van der Waals surface area contributed by atoms with Gasteiger partial charge in [-0.25, -0.2) is 4.98 Å². The fraction of sp³-hybridized carbons (Fsp3) is 0.636. The minimum atomic E-state index is 0.389. The van der Waals surface area contributed by atoms with Gasteiger partial charge in [0.2, 0.25) is 0 Å². The number of hydrogen-bond acceptors (Lipinski definition) is 4. The maximum atomic E-state index is 5.55. The summed E-state index contributed by atoms with van der Waals surface area (Å²) in [6.07, 6.45) is 4.76. The third-order valence-electron chi connectivity index (χ3n) is 2.88. The quantitative estimate of drug-likeness (QED) is 0.789. The third kappa shape index (κ3) is 2.26. The van der Waals surface area contributed by atoms with E-state index in [0.29, 0.717) is 12.0 Å². The lowest BCUT2D eigenvalue weighted by atomic mass is 9.93. The van der Waals surface area contributed by atoms with Crippen molar-refractivity contribution in [1.82, 2.24) is 9.97 Å². The molecule has 1 fully saturated rings. The topological polar surface area (TPSA) is 55.0 Å². The minimum Gasteiger partial charge on any atom is -0.355 e. The van der Waals surface area contributed by atoms with Crippen LogP contribution in [0, 0.1) is 5.41 Å². The maximum Gasteiger partial charge on any atom is 0.147 e. The molecule has 0 saturated carbocycles. The molecule has 15 heavy (non-hydrogen) atoms. The van der Waals surface area contributed by atoms with E-state index in [1.54, 1.807) is 6.20 Å². The van der Waals surface area contributed by atoms with Crippen LogP contribution in [0.25, 0.3) is 0 Å². The molecule has 0 aromatic carbocycles. The van der Waals surface area contributed by atoms with Crippen LogP contribution in [0.5, 0.6) is 0 Å². The summed E-state index contributed by atoms with van der Waals surface area (Å²) in [5.74, 6) is 0.962. The van der Waals surface area contributed by atoms with Gasteiger partial charge in [-0.1, -0.05) is 13.8 Å². The maximum absolute atomic E-state index is 5.55. The Hall–Kier alpha value is -1.16. The number of aromatic nitrogens is 2. The van der Waals surface area contributed by atoms with Gasteiger partial charge >= 0.3 is 0 Å². The van der Waals surface area contributed by atoms with Crippen molar-refractivity contribution >= 4 is 5.82 Å². The van der Waals surface area contributed by atoms with E-state index in [4.69, 9.17) is 5.73 Å². The Labute approximate surface area is 90.5 Å². The van der Waals surface area contributed by atoms with Gasteiger partial charge in [0.05, 0.1) is 11.9 Å². The van der Waals surface area contributed by atoms with Gasteiger partial charge < -0.3 is 10.6 Å². The Morgan fingerprint density at radius 3 is 2.87 bits per heavy atom. The van der Waals surface area contributed by atoms with E-state index in [1.165, 1.54) is 6.42 Å². The molecule has 0 aliphatic carbocycles. The molecule has 4 nitrogen and oxygen atoms in total. The molecule has 1 aromatic rings. The molecule has 0 spiro atoms. The van der Waals surface area contributed by atoms with Crippen LogP contribution in [-0.4, -0.2) is 23.1 Å². The molecule has 82 valence electrons. The minimum absolute atomic E-state index is 0.389. The number of anilines is 1.